The van der Waals surface area contributed by atoms with Gasteiger partial charge in [-0.25, -0.2) is 0 Å². The van der Waals surface area contributed by atoms with Gasteiger partial charge in [-0.15, -0.1) is 0 Å². The minimum atomic E-state index is -0.579. The minimum Gasteiger partial charge on any atom is -0.324 e. The molecule has 1 rings (SSSR count). The highest BCUT2D eigenvalue weighted by molar-refractivity contribution is 5.94. The first-order chi connectivity index (χ1) is 8.54. The van der Waals surface area contributed by atoms with Gasteiger partial charge < -0.3 is 11.1 Å². The van der Waals surface area contributed by atoms with Crippen molar-refractivity contribution in [2.75, 3.05) is 5.32 Å². The fraction of sp³-hybridized carbons (Fsp3) is 0.417. The van der Waals surface area contributed by atoms with Gasteiger partial charge in [0.2, 0.25) is 5.91 Å². The number of rotatable bonds is 6. The molecule has 1 aromatic rings. The number of non-ortho nitro benzene ring substituents is 1. The van der Waals surface area contributed by atoms with Crippen molar-refractivity contribution in [3.63, 3.8) is 0 Å². The normalized spacial score (nSPS) is 11.9. The summed E-state index contributed by atoms with van der Waals surface area (Å²) in [7, 11) is 0. The number of nitrogens with two attached hydrogens (primary N) is 1. The summed E-state index contributed by atoms with van der Waals surface area (Å²) >= 11 is 0. The van der Waals surface area contributed by atoms with Crippen LogP contribution in [0.3, 0.4) is 0 Å². The van der Waals surface area contributed by atoms with Gasteiger partial charge in [0.25, 0.3) is 5.69 Å². The minimum absolute atomic E-state index is 0.0603. The second-order valence-corrected chi connectivity index (χ2v) is 4.05. The summed E-state index contributed by atoms with van der Waals surface area (Å²) in [4.78, 5) is 21.8. The van der Waals surface area contributed by atoms with Crippen LogP contribution in [-0.2, 0) is 4.79 Å². The van der Waals surface area contributed by atoms with Crippen molar-refractivity contribution in [1.82, 2.24) is 0 Å². The third-order valence-electron chi connectivity index (χ3n) is 2.53. The Bertz CT molecular complexity index is 434. The molecule has 6 nitrogen and oxygen atoms in total. The Balaban J connectivity index is 2.64. The number of nitrogens with one attached hydrogen (secondary N) is 1. The van der Waals surface area contributed by atoms with Crippen LogP contribution in [0.5, 0.6) is 0 Å². The molecule has 0 bridgehead atoms. The summed E-state index contributed by atoms with van der Waals surface area (Å²) in [6.07, 6.45) is 2.46. The lowest BCUT2D eigenvalue weighted by atomic mass is 10.1. The molecule has 1 aromatic carbocycles. The van der Waals surface area contributed by atoms with Gasteiger partial charge in [0.1, 0.15) is 0 Å². The van der Waals surface area contributed by atoms with Crippen molar-refractivity contribution in [2.24, 2.45) is 5.73 Å². The molecule has 18 heavy (non-hydrogen) atoms. The molecule has 0 saturated carbocycles. The van der Waals surface area contributed by atoms with E-state index in [1.165, 1.54) is 18.2 Å². The molecule has 1 atom stereocenters. The topological polar surface area (TPSA) is 98.3 Å². The monoisotopic (exact) mass is 251 g/mol. The molecular formula is C12H17N3O3. The molecule has 0 heterocycles. The van der Waals surface area contributed by atoms with Crippen LogP contribution < -0.4 is 11.1 Å². The van der Waals surface area contributed by atoms with Crippen LogP contribution in [0.2, 0.25) is 0 Å². The van der Waals surface area contributed by atoms with Gasteiger partial charge in [-0.2, -0.15) is 0 Å². The van der Waals surface area contributed by atoms with E-state index in [-0.39, 0.29) is 11.6 Å². The molecule has 1 unspecified atom stereocenters. The lowest BCUT2D eigenvalue weighted by Crippen LogP contribution is -2.35. The summed E-state index contributed by atoms with van der Waals surface area (Å²) in [5.74, 6) is -0.316. The average Bonchev–Trinajstić information content (AvgIpc) is 2.36. The van der Waals surface area contributed by atoms with E-state index in [0.717, 1.165) is 12.8 Å². The molecule has 98 valence electrons. The molecule has 0 saturated heterocycles. The zero-order valence-electron chi connectivity index (χ0n) is 10.3. The summed E-state index contributed by atoms with van der Waals surface area (Å²) in [6.45, 7) is 2.02. The first-order valence-corrected chi connectivity index (χ1v) is 5.85. The third-order valence-corrected chi connectivity index (χ3v) is 2.53. The lowest BCUT2D eigenvalue weighted by molar-refractivity contribution is -0.384. The van der Waals surface area contributed by atoms with E-state index in [1.807, 2.05) is 6.92 Å². The van der Waals surface area contributed by atoms with Crippen LogP contribution in [0.4, 0.5) is 11.4 Å². The second kappa shape index (κ2) is 6.70. The van der Waals surface area contributed by atoms with Crippen molar-refractivity contribution in [1.29, 1.82) is 0 Å². The van der Waals surface area contributed by atoms with E-state index in [9.17, 15) is 14.9 Å². The van der Waals surface area contributed by atoms with Gasteiger partial charge in [-0.05, 0) is 12.5 Å². The average molecular weight is 251 g/mol. The molecule has 0 radical (unpaired) electrons. The van der Waals surface area contributed by atoms with E-state index in [4.69, 9.17) is 5.73 Å². The highest BCUT2D eigenvalue weighted by atomic mass is 16.6. The Kier molecular flexibility index (Phi) is 5.26. The van der Waals surface area contributed by atoms with E-state index >= 15 is 0 Å². The summed E-state index contributed by atoms with van der Waals surface area (Å²) in [5.41, 5.74) is 6.03. The molecule has 3 N–H and O–H groups in total. The number of nitro benzene ring substituents is 1. The molecule has 1 amide bonds. The molecule has 6 heteroatoms. The molecule has 0 aromatic heterocycles. The van der Waals surface area contributed by atoms with Crippen molar-refractivity contribution < 1.29 is 9.72 Å². The first-order valence-electron chi connectivity index (χ1n) is 5.85. The van der Waals surface area contributed by atoms with Crippen LogP contribution in [0.15, 0.2) is 24.3 Å². The van der Waals surface area contributed by atoms with E-state index in [0.29, 0.717) is 12.1 Å². The van der Waals surface area contributed by atoms with Gasteiger partial charge in [-0.1, -0.05) is 25.8 Å². The number of hydrogen-bond donors (Lipinski definition) is 2. The van der Waals surface area contributed by atoms with Crippen LogP contribution >= 0.6 is 0 Å². The van der Waals surface area contributed by atoms with E-state index in [1.54, 1.807) is 6.07 Å². The molecular weight excluding hydrogens is 234 g/mol. The predicted molar refractivity (Wildman–Crippen MR) is 69.2 cm³/mol. The number of nitrogens with zero attached hydrogens (tertiary/aromatic N) is 1. The van der Waals surface area contributed by atoms with Crippen LogP contribution in [0, 0.1) is 10.1 Å². The zero-order valence-corrected chi connectivity index (χ0v) is 10.3. The van der Waals surface area contributed by atoms with Crippen LogP contribution in [0.1, 0.15) is 26.2 Å². The van der Waals surface area contributed by atoms with Crippen molar-refractivity contribution in [3.8, 4) is 0 Å². The van der Waals surface area contributed by atoms with Crippen molar-refractivity contribution >= 4 is 17.3 Å². The Morgan fingerprint density at radius 1 is 1.56 bits per heavy atom. The summed E-state index contributed by atoms with van der Waals surface area (Å²) in [5, 5.41) is 13.2. The van der Waals surface area contributed by atoms with Crippen molar-refractivity contribution in [3.05, 3.63) is 34.4 Å². The number of anilines is 1. The van der Waals surface area contributed by atoms with Gasteiger partial charge in [0.15, 0.2) is 0 Å². The Morgan fingerprint density at radius 3 is 2.89 bits per heavy atom. The summed E-state index contributed by atoms with van der Waals surface area (Å²) in [6, 6.07) is 5.21. The second-order valence-electron chi connectivity index (χ2n) is 4.05. The maximum absolute atomic E-state index is 11.7. The highest BCUT2D eigenvalue weighted by Gasteiger charge is 2.14. The maximum Gasteiger partial charge on any atom is 0.271 e. The van der Waals surface area contributed by atoms with Crippen molar-refractivity contribution in [2.45, 2.75) is 32.2 Å². The Morgan fingerprint density at radius 2 is 2.28 bits per heavy atom. The van der Waals surface area contributed by atoms with Crippen LogP contribution in [0.25, 0.3) is 0 Å². The van der Waals surface area contributed by atoms with E-state index in [2.05, 4.69) is 5.32 Å². The Labute approximate surface area is 105 Å². The largest absolute Gasteiger partial charge is 0.324 e. The Hall–Kier alpha value is -1.95. The van der Waals surface area contributed by atoms with Gasteiger partial charge in [-0.3, -0.25) is 14.9 Å². The fourth-order valence-corrected chi connectivity index (χ4v) is 1.49. The highest BCUT2D eigenvalue weighted by Crippen LogP contribution is 2.17. The van der Waals surface area contributed by atoms with Gasteiger partial charge in [0.05, 0.1) is 11.0 Å². The number of nitro groups is 1. The summed E-state index contributed by atoms with van der Waals surface area (Å²) < 4.78 is 0. The third kappa shape index (κ3) is 4.14. The number of amides is 1. The number of carbonyl (C=O) groups excluding carboxylic acids is 1. The standard InChI is InChI=1S/C12H17N3O3/c1-2-3-7-11(13)12(16)14-9-5-4-6-10(8-9)15(17)18/h4-6,8,11H,2-3,7,13H2,1H3,(H,14,16). The molecule has 0 aliphatic carbocycles. The number of hydrogen-bond acceptors (Lipinski definition) is 4. The zero-order chi connectivity index (χ0) is 13.5. The molecule has 0 fully saturated rings. The smallest absolute Gasteiger partial charge is 0.271 e. The maximum atomic E-state index is 11.7. The lowest BCUT2D eigenvalue weighted by Gasteiger charge is -2.11. The first kappa shape index (κ1) is 14.1. The van der Waals surface area contributed by atoms with E-state index < -0.39 is 11.0 Å². The number of benzene rings is 1. The molecule has 0 aliphatic heterocycles. The quantitative estimate of drug-likeness (QED) is 0.597. The fourth-order valence-electron chi connectivity index (χ4n) is 1.49. The molecule has 0 spiro atoms. The number of carbonyl (C=O) groups is 1. The number of unbranched alkanes of at least 4 members (excludes halogenated alkanes) is 1. The van der Waals surface area contributed by atoms with Gasteiger partial charge in [0, 0.05) is 17.8 Å². The molecule has 0 aliphatic rings. The predicted octanol–water partition coefficient (Wildman–Crippen LogP) is 2.05. The van der Waals surface area contributed by atoms with Gasteiger partial charge >= 0.3 is 0 Å². The van der Waals surface area contributed by atoms with Crippen LogP contribution in [-0.4, -0.2) is 16.9 Å². The SMILES string of the molecule is CCCCC(N)C(=O)Nc1cccc([N+](=O)[O-])c1.